The second-order valence-electron chi connectivity index (χ2n) is 9.97. The number of likely N-dealkylation sites (tertiary alicyclic amines) is 1. The molecule has 0 aliphatic carbocycles. The molecule has 0 spiro atoms. The van der Waals surface area contributed by atoms with Crippen LogP contribution in [0.1, 0.15) is 57.3 Å². The summed E-state index contributed by atoms with van der Waals surface area (Å²) in [6.07, 6.45) is 5.78. The Balaban J connectivity index is 1.49. The first kappa shape index (κ1) is 25.2. The van der Waals surface area contributed by atoms with Gasteiger partial charge in [0.15, 0.2) is 5.75 Å². The molecule has 4 heterocycles. The van der Waals surface area contributed by atoms with Gasteiger partial charge in [-0.05, 0) is 57.4 Å². The highest BCUT2D eigenvalue weighted by atomic mass is 16.6. The van der Waals surface area contributed by atoms with Crippen LogP contribution >= 0.6 is 0 Å². The average molecular weight is 485 g/mol. The number of methoxy groups -OCH3 is 1. The van der Waals surface area contributed by atoms with Crippen LogP contribution in [-0.2, 0) is 9.47 Å². The molecule has 190 valence electrons. The van der Waals surface area contributed by atoms with Gasteiger partial charge in [-0.15, -0.1) is 0 Å². The predicted molar refractivity (Wildman–Crippen MR) is 131 cm³/mol. The van der Waals surface area contributed by atoms with Crippen LogP contribution in [0.3, 0.4) is 0 Å². The molecule has 9 heteroatoms. The zero-order chi connectivity index (χ0) is 24.8. The van der Waals surface area contributed by atoms with Gasteiger partial charge in [-0.3, -0.25) is 4.98 Å². The van der Waals surface area contributed by atoms with Gasteiger partial charge in [0, 0.05) is 37.9 Å². The maximum Gasteiger partial charge on any atom is 0.410 e. The molecule has 0 saturated carbocycles. The first-order chi connectivity index (χ1) is 16.8. The van der Waals surface area contributed by atoms with Gasteiger partial charge < -0.3 is 29.2 Å². The van der Waals surface area contributed by atoms with E-state index in [0.29, 0.717) is 37.9 Å². The van der Waals surface area contributed by atoms with Gasteiger partial charge in [-0.25, -0.2) is 9.78 Å². The van der Waals surface area contributed by atoms with Crippen LogP contribution in [0, 0.1) is 0 Å². The van der Waals surface area contributed by atoms with Gasteiger partial charge in [-0.1, -0.05) is 6.07 Å². The van der Waals surface area contributed by atoms with E-state index in [1.54, 1.807) is 18.2 Å². The molecule has 0 aromatic carbocycles. The Kier molecular flexibility index (Phi) is 8.07. The molecule has 2 unspecified atom stereocenters. The van der Waals surface area contributed by atoms with Crippen LogP contribution in [0.2, 0.25) is 0 Å². The fourth-order valence-electron chi connectivity index (χ4n) is 4.30. The van der Waals surface area contributed by atoms with Crippen molar-refractivity contribution in [3.8, 4) is 11.6 Å². The molecular formula is C26H36N4O5. The van der Waals surface area contributed by atoms with Crippen molar-refractivity contribution in [2.75, 3.05) is 33.4 Å². The minimum atomic E-state index is -0.498. The maximum absolute atomic E-state index is 12.5. The molecule has 2 aliphatic heterocycles. The third-order valence-electron chi connectivity index (χ3n) is 6.10. The SMILES string of the molecule is COc1ccc(C(NC2CCN(C(=O)OC(C)(C)C)CC2)c2cccnc2)nc1OC1CCOC1. The quantitative estimate of drug-likeness (QED) is 0.635. The number of hydrogen-bond acceptors (Lipinski definition) is 8. The summed E-state index contributed by atoms with van der Waals surface area (Å²) in [5, 5.41) is 3.75. The highest BCUT2D eigenvalue weighted by Crippen LogP contribution is 2.31. The van der Waals surface area contributed by atoms with E-state index >= 15 is 0 Å². The first-order valence-electron chi connectivity index (χ1n) is 12.3. The van der Waals surface area contributed by atoms with Crippen molar-refractivity contribution in [2.45, 2.75) is 63.8 Å². The van der Waals surface area contributed by atoms with E-state index in [-0.39, 0.29) is 24.3 Å². The van der Waals surface area contributed by atoms with Crippen molar-refractivity contribution < 1.29 is 23.7 Å². The van der Waals surface area contributed by atoms with Gasteiger partial charge in [0.1, 0.15) is 11.7 Å². The summed E-state index contributed by atoms with van der Waals surface area (Å²) in [7, 11) is 1.62. The highest BCUT2D eigenvalue weighted by molar-refractivity contribution is 5.68. The number of piperidine rings is 1. The number of carbonyl (C=O) groups excluding carboxylic acids is 1. The number of hydrogen-bond donors (Lipinski definition) is 1. The minimum absolute atomic E-state index is 0.0337. The van der Waals surface area contributed by atoms with Gasteiger partial charge >= 0.3 is 6.09 Å². The maximum atomic E-state index is 12.5. The largest absolute Gasteiger partial charge is 0.491 e. The van der Waals surface area contributed by atoms with Crippen molar-refractivity contribution in [3.05, 3.63) is 47.9 Å². The lowest BCUT2D eigenvalue weighted by atomic mass is 9.99. The van der Waals surface area contributed by atoms with Crippen molar-refractivity contribution in [3.63, 3.8) is 0 Å². The number of ether oxygens (including phenoxy) is 4. The molecule has 35 heavy (non-hydrogen) atoms. The van der Waals surface area contributed by atoms with Crippen LogP contribution in [0.5, 0.6) is 11.6 Å². The standard InChI is InChI=1S/C26H36N4O5/c1-26(2,3)35-25(31)30-13-9-19(10-14-30)28-23(18-6-5-12-27-16-18)21-7-8-22(32-4)24(29-21)34-20-11-15-33-17-20/h5-8,12,16,19-20,23,28H,9-11,13-15,17H2,1-4H3. The fraction of sp³-hybridized carbons (Fsp3) is 0.577. The molecule has 2 fully saturated rings. The molecule has 2 aromatic rings. The van der Waals surface area contributed by atoms with Crippen LogP contribution in [-0.4, -0.2) is 72.1 Å². The van der Waals surface area contributed by atoms with E-state index in [9.17, 15) is 4.79 Å². The molecule has 1 amide bonds. The van der Waals surface area contributed by atoms with Crippen LogP contribution in [0.4, 0.5) is 4.79 Å². The smallest absolute Gasteiger partial charge is 0.410 e. The number of aromatic nitrogens is 2. The summed E-state index contributed by atoms with van der Waals surface area (Å²) in [6, 6.07) is 7.83. The van der Waals surface area contributed by atoms with Crippen LogP contribution in [0.15, 0.2) is 36.7 Å². The topological polar surface area (TPSA) is 95.0 Å². The van der Waals surface area contributed by atoms with E-state index in [1.165, 1.54) is 0 Å². The number of nitrogens with one attached hydrogen (secondary N) is 1. The zero-order valence-corrected chi connectivity index (χ0v) is 21.0. The van der Waals surface area contributed by atoms with Crippen LogP contribution < -0.4 is 14.8 Å². The van der Waals surface area contributed by atoms with E-state index in [4.69, 9.17) is 23.9 Å². The number of rotatable bonds is 7. The monoisotopic (exact) mass is 484 g/mol. The van der Waals surface area contributed by atoms with Crippen molar-refractivity contribution in [1.29, 1.82) is 0 Å². The molecular weight excluding hydrogens is 448 g/mol. The Labute approximate surface area is 207 Å². The summed E-state index contributed by atoms with van der Waals surface area (Å²) < 4.78 is 22.6. The summed E-state index contributed by atoms with van der Waals surface area (Å²) >= 11 is 0. The molecule has 2 saturated heterocycles. The van der Waals surface area contributed by atoms with Crippen molar-refractivity contribution in [2.24, 2.45) is 0 Å². The predicted octanol–water partition coefficient (Wildman–Crippen LogP) is 3.73. The van der Waals surface area contributed by atoms with Crippen molar-refractivity contribution in [1.82, 2.24) is 20.2 Å². The molecule has 2 aromatic heterocycles. The molecule has 4 rings (SSSR count). The van der Waals surface area contributed by atoms with Crippen LogP contribution in [0.25, 0.3) is 0 Å². The molecule has 0 bridgehead atoms. The Morgan fingerprint density at radius 2 is 2.00 bits per heavy atom. The highest BCUT2D eigenvalue weighted by Gasteiger charge is 2.29. The third-order valence-corrected chi connectivity index (χ3v) is 6.10. The van der Waals surface area contributed by atoms with E-state index in [1.807, 2.05) is 51.2 Å². The molecule has 1 N–H and O–H groups in total. The Morgan fingerprint density at radius 3 is 2.63 bits per heavy atom. The Morgan fingerprint density at radius 1 is 1.20 bits per heavy atom. The van der Waals surface area contributed by atoms with E-state index in [2.05, 4.69) is 10.3 Å². The molecule has 2 atom stereocenters. The zero-order valence-electron chi connectivity index (χ0n) is 21.0. The molecule has 0 radical (unpaired) electrons. The minimum Gasteiger partial charge on any atom is -0.491 e. The first-order valence-corrected chi connectivity index (χ1v) is 12.3. The number of nitrogens with zero attached hydrogens (tertiary/aromatic N) is 3. The Hall–Kier alpha value is -2.91. The summed E-state index contributed by atoms with van der Waals surface area (Å²) in [4.78, 5) is 23.4. The second kappa shape index (κ2) is 11.2. The third kappa shape index (κ3) is 6.82. The van der Waals surface area contributed by atoms with Gasteiger partial charge in [-0.2, -0.15) is 0 Å². The Bertz CT molecular complexity index is 967. The lowest BCUT2D eigenvalue weighted by molar-refractivity contribution is 0.0196. The molecule has 2 aliphatic rings. The number of amides is 1. The van der Waals surface area contributed by atoms with Crippen molar-refractivity contribution >= 4 is 6.09 Å². The number of pyridine rings is 2. The second-order valence-corrected chi connectivity index (χ2v) is 9.97. The summed E-state index contributed by atoms with van der Waals surface area (Å²) in [5.41, 5.74) is 1.33. The van der Waals surface area contributed by atoms with Gasteiger partial charge in [0.2, 0.25) is 0 Å². The van der Waals surface area contributed by atoms with E-state index in [0.717, 1.165) is 30.5 Å². The lowest BCUT2D eigenvalue weighted by Gasteiger charge is -2.35. The fourth-order valence-corrected chi connectivity index (χ4v) is 4.30. The average Bonchev–Trinajstić information content (AvgIpc) is 3.35. The lowest BCUT2D eigenvalue weighted by Crippen LogP contribution is -2.47. The summed E-state index contributed by atoms with van der Waals surface area (Å²) in [5.74, 6) is 1.06. The summed E-state index contributed by atoms with van der Waals surface area (Å²) in [6.45, 7) is 8.17. The van der Waals surface area contributed by atoms with E-state index < -0.39 is 5.60 Å². The van der Waals surface area contributed by atoms with Gasteiger partial charge in [0.25, 0.3) is 5.88 Å². The molecule has 9 nitrogen and oxygen atoms in total. The number of carbonyl (C=O) groups is 1. The van der Waals surface area contributed by atoms with Gasteiger partial charge in [0.05, 0.1) is 32.1 Å². The normalized spacial score (nSPS) is 19.9.